The fourth-order valence-electron chi connectivity index (χ4n) is 4.74. The Bertz CT molecular complexity index is 355. The van der Waals surface area contributed by atoms with Crippen molar-refractivity contribution in [2.45, 2.75) is 50.6 Å². The summed E-state index contributed by atoms with van der Waals surface area (Å²) in [6.45, 7) is -0.825. The zero-order valence-electron chi connectivity index (χ0n) is 10.2. The molecule has 0 aliphatic heterocycles. The van der Waals surface area contributed by atoms with Gasteiger partial charge in [0.1, 0.15) is 0 Å². The van der Waals surface area contributed by atoms with Crippen molar-refractivity contribution in [3.8, 4) is 0 Å². The van der Waals surface area contributed by atoms with Gasteiger partial charge in [-0.25, -0.2) is 8.78 Å². The molecule has 18 heavy (non-hydrogen) atoms. The van der Waals surface area contributed by atoms with Crippen molar-refractivity contribution < 1.29 is 23.4 Å². The van der Waals surface area contributed by atoms with E-state index in [0.717, 1.165) is 19.3 Å². The zero-order valence-corrected chi connectivity index (χ0v) is 10.2. The third kappa shape index (κ3) is 1.92. The summed E-state index contributed by atoms with van der Waals surface area (Å²) in [5, 5.41) is 10.4. The van der Waals surface area contributed by atoms with Gasteiger partial charge in [-0.15, -0.1) is 0 Å². The molecule has 4 rings (SSSR count). The lowest BCUT2D eigenvalue weighted by molar-refractivity contribution is -0.198. The second kappa shape index (κ2) is 3.89. The van der Waals surface area contributed by atoms with Crippen molar-refractivity contribution in [2.75, 3.05) is 6.61 Å². The maximum atomic E-state index is 12.1. The average Bonchev–Trinajstić information content (AvgIpc) is 2.22. The summed E-state index contributed by atoms with van der Waals surface area (Å²) < 4.78 is 29.0. The summed E-state index contributed by atoms with van der Waals surface area (Å²) in [4.78, 5) is 12.1. The number of rotatable bonds is 3. The minimum absolute atomic E-state index is 0.357. The lowest BCUT2D eigenvalue weighted by Gasteiger charge is -2.58. The number of hydrogen-bond donors (Lipinski definition) is 1. The van der Waals surface area contributed by atoms with Gasteiger partial charge in [-0.2, -0.15) is 0 Å². The summed E-state index contributed by atoms with van der Waals surface area (Å²) in [5.41, 5.74) is -1.44. The summed E-state index contributed by atoms with van der Waals surface area (Å²) in [6, 6.07) is 0. The predicted molar refractivity (Wildman–Crippen MR) is 59.0 cm³/mol. The van der Waals surface area contributed by atoms with Crippen LogP contribution in [0, 0.1) is 17.3 Å². The Morgan fingerprint density at radius 3 is 2.39 bits per heavy atom. The highest BCUT2D eigenvalue weighted by atomic mass is 19.3. The molecule has 0 heterocycles. The van der Waals surface area contributed by atoms with Crippen LogP contribution in [0.25, 0.3) is 0 Å². The summed E-state index contributed by atoms with van der Waals surface area (Å²) in [6.07, 6.45) is 1.76. The number of hydrogen-bond acceptors (Lipinski definition) is 3. The highest BCUT2D eigenvalue weighted by molar-refractivity contribution is 5.77. The van der Waals surface area contributed by atoms with Crippen molar-refractivity contribution in [1.82, 2.24) is 0 Å². The van der Waals surface area contributed by atoms with Gasteiger partial charge in [0.25, 0.3) is 6.43 Å². The molecule has 1 N–H and O–H groups in total. The first-order valence-corrected chi connectivity index (χ1v) is 6.59. The SMILES string of the molecule is O=C(OCC(F)F)C12CC3CC(CC(O)(C3)C1)C2. The average molecular weight is 260 g/mol. The Hall–Kier alpha value is -0.710. The quantitative estimate of drug-likeness (QED) is 0.791. The minimum atomic E-state index is -2.62. The van der Waals surface area contributed by atoms with Gasteiger partial charge in [0.05, 0.1) is 11.0 Å². The van der Waals surface area contributed by atoms with Crippen LogP contribution < -0.4 is 0 Å². The molecule has 5 heteroatoms. The maximum absolute atomic E-state index is 12.1. The highest BCUT2D eigenvalue weighted by Gasteiger charge is 2.60. The van der Waals surface area contributed by atoms with Crippen molar-refractivity contribution in [3.63, 3.8) is 0 Å². The van der Waals surface area contributed by atoms with Crippen molar-refractivity contribution in [2.24, 2.45) is 17.3 Å². The van der Waals surface area contributed by atoms with Gasteiger partial charge >= 0.3 is 5.97 Å². The highest BCUT2D eigenvalue weighted by Crippen LogP contribution is 2.61. The molecule has 4 bridgehead atoms. The lowest BCUT2D eigenvalue weighted by Crippen LogP contribution is -2.58. The zero-order chi connectivity index (χ0) is 13.0. The van der Waals surface area contributed by atoms with Crippen LogP contribution in [0.2, 0.25) is 0 Å². The van der Waals surface area contributed by atoms with Crippen molar-refractivity contribution in [3.05, 3.63) is 0 Å². The third-order valence-electron chi connectivity index (χ3n) is 4.80. The van der Waals surface area contributed by atoms with Crippen LogP contribution in [-0.4, -0.2) is 29.7 Å². The van der Waals surface area contributed by atoms with E-state index in [1.165, 1.54) is 0 Å². The normalized spacial score (nSPS) is 45.6. The predicted octanol–water partition coefficient (Wildman–Crippen LogP) is 2.13. The Morgan fingerprint density at radius 1 is 1.28 bits per heavy atom. The molecule has 4 aliphatic rings. The standard InChI is InChI=1S/C13H18F2O3/c14-10(15)6-18-11(16)12-2-8-1-9(3-12)5-13(17,4-8)7-12/h8-10,17H,1-7H2. The van der Waals surface area contributed by atoms with Crippen molar-refractivity contribution in [1.29, 1.82) is 0 Å². The molecule has 102 valence electrons. The van der Waals surface area contributed by atoms with Gasteiger partial charge < -0.3 is 9.84 Å². The molecule has 4 saturated carbocycles. The smallest absolute Gasteiger partial charge is 0.312 e. The second-order valence-corrected chi connectivity index (χ2v) is 6.46. The van der Waals surface area contributed by atoms with E-state index in [2.05, 4.69) is 0 Å². The van der Waals surface area contributed by atoms with E-state index in [0.29, 0.717) is 31.1 Å². The van der Waals surface area contributed by atoms with Crippen LogP contribution in [0.5, 0.6) is 0 Å². The van der Waals surface area contributed by atoms with E-state index < -0.39 is 30.0 Å². The third-order valence-corrected chi connectivity index (χ3v) is 4.80. The molecular weight excluding hydrogens is 242 g/mol. The number of halogens is 2. The summed E-state index contributed by atoms with van der Waals surface area (Å²) in [7, 11) is 0. The fourth-order valence-corrected chi connectivity index (χ4v) is 4.74. The Kier molecular flexibility index (Phi) is 2.66. The molecule has 0 radical (unpaired) electrons. The van der Waals surface area contributed by atoms with Crippen LogP contribution in [0.4, 0.5) is 8.78 Å². The van der Waals surface area contributed by atoms with E-state index >= 15 is 0 Å². The lowest BCUT2D eigenvalue weighted by atomic mass is 9.48. The molecule has 0 amide bonds. The molecule has 0 saturated heterocycles. The fraction of sp³-hybridized carbons (Fsp3) is 0.923. The monoisotopic (exact) mass is 260 g/mol. The Morgan fingerprint density at radius 2 is 1.89 bits per heavy atom. The van der Waals surface area contributed by atoms with E-state index in [9.17, 15) is 18.7 Å². The van der Waals surface area contributed by atoms with Crippen LogP contribution in [0.15, 0.2) is 0 Å². The van der Waals surface area contributed by atoms with E-state index in [1.807, 2.05) is 0 Å². The molecule has 2 atom stereocenters. The maximum Gasteiger partial charge on any atom is 0.312 e. The number of aliphatic hydroxyl groups is 1. The summed E-state index contributed by atoms with van der Waals surface area (Å²) in [5.74, 6) is 0.195. The molecule has 0 aromatic rings. The largest absolute Gasteiger partial charge is 0.459 e. The first kappa shape index (κ1) is 12.3. The minimum Gasteiger partial charge on any atom is -0.459 e. The number of carbonyl (C=O) groups excluding carboxylic acids is 1. The Labute approximate surface area is 105 Å². The molecular formula is C13H18F2O3. The molecule has 2 unspecified atom stereocenters. The molecule has 0 aromatic heterocycles. The van der Waals surface area contributed by atoms with Gasteiger partial charge in [0.2, 0.25) is 0 Å². The van der Waals surface area contributed by atoms with E-state index in [1.54, 1.807) is 0 Å². The molecule has 4 aliphatic carbocycles. The van der Waals surface area contributed by atoms with Crippen LogP contribution >= 0.6 is 0 Å². The van der Waals surface area contributed by atoms with E-state index in [4.69, 9.17) is 4.74 Å². The number of carbonyl (C=O) groups is 1. The Balaban J connectivity index is 1.76. The second-order valence-electron chi connectivity index (χ2n) is 6.46. The van der Waals surface area contributed by atoms with Crippen LogP contribution in [0.1, 0.15) is 38.5 Å². The first-order valence-electron chi connectivity index (χ1n) is 6.59. The van der Waals surface area contributed by atoms with Gasteiger partial charge in [-0.3, -0.25) is 4.79 Å². The van der Waals surface area contributed by atoms with Gasteiger partial charge in [-0.1, -0.05) is 0 Å². The van der Waals surface area contributed by atoms with Gasteiger partial charge in [-0.05, 0) is 50.4 Å². The number of ether oxygens (including phenoxy) is 1. The molecule has 3 nitrogen and oxygen atoms in total. The van der Waals surface area contributed by atoms with Crippen LogP contribution in [-0.2, 0) is 9.53 Å². The number of alkyl halides is 2. The topological polar surface area (TPSA) is 46.5 Å². The van der Waals surface area contributed by atoms with Gasteiger partial charge in [0.15, 0.2) is 6.61 Å². The molecule has 0 aromatic carbocycles. The molecule has 0 spiro atoms. The van der Waals surface area contributed by atoms with Crippen molar-refractivity contribution >= 4 is 5.97 Å². The molecule has 4 fully saturated rings. The number of esters is 1. The first-order chi connectivity index (χ1) is 8.41. The van der Waals surface area contributed by atoms with Gasteiger partial charge in [0, 0.05) is 0 Å². The van der Waals surface area contributed by atoms with Crippen LogP contribution in [0.3, 0.4) is 0 Å². The summed E-state index contributed by atoms with van der Waals surface area (Å²) >= 11 is 0. The van der Waals surface area contributed by atoms with E-state index in [-0.39, 0.29) is 0 Å².